The fourth-order valence-corrected chi connectivity index (χ4v) is 1.53. The molecule has 98 valence electrons. The lowest BCUT2D eigenvalue weighted by atomic mass is 10.1. The highest BCUT2D eigenvalue weighted by Crippen LogP contribution is 2.12. The lowest BCUT2D eigenvalue weighted by molar-refractivity contribution is -0.148. The van der Waals surface area contributed by atoms with Gasteiger partial charge in [-0.1, -0.05) is 25.1 Å². The predicted molar refractivity (Wildman–Crippen MR) is 67.2 cm³/mol. The van der Waals surface area contributed by atoms with Crippen LogP contribution in [-0.2, 0) is 14.3 Å². The van der Waals surface area contributed by atoms with E-state index in [-0.39, 0.29) is 24.5 Å². The van der Waals surface area contributed by atoms with Gasteiger partial charge in [0.25, 0.3) is 0 Å². The van der Waals surface area contributed by atoms with Gasteiger partial charge in [0.05, 0.1) is 0 Å². The van der Waals surface area contributed by atoms with Crippen LogP contribution in [0, 0.1) is 0 Å². The Morgan fingerprint density at radius 1 is 1.22 bits per heavy atom. The molecule has 0 saturated carbocycles. The summed E-state index contributed by atoms with van der Waals surface area (Å²) in [6.45, 7) is 3.28. The molecule has 1 aromatic rings. The van der Waals surface area contributed by atoms with Crippen molar-refractivity contribution in [2.45, 2.75) is 39.2 Å². The maximum atomic E-state index is 11.6. The number of hydrogen-bond acceptors (Lipinski definition) is 4. The van der Waals surface area contributed by atoms with E-state index in [9.17, 15) is 9.59 Å². The average Bonchev–Trinajstić information content (AvgIpc) is 2.35. The minimum atomic E-state index is -0.321. The van der Waals surface area contributed by atoms with Gasteiger partial charge in [-0.3, -0.25) is 9.59 Å². The van der Waals surface area contributed by atoms with Gasteiger partial charge in [0.1, 0.15) is 11.9 Å². The number of para-hydroxylation sites is 1. The molecule has 0 heterocycles. The summed E-state index contributed by atoms with van der Waals surface area (Å²) >= 11 is 0. The standard InChI is InChI=1S/C14H18O4/c1-3-12(17-11(2)15)9-10-14(16)18-13-7-5-4-6-8-13/h4-8,12H,3,9-10H2,1-2H3. The number of carbonyl (C=O) groups excluding carboxylic acids is 2. The number of ether oxygens (including phenoxy) is 2. The van der Waals surface area contributed by atoms with E-state index in [1.165, 1.54) is 6.92 Å². The summed E-state index contributed by atoms with van der Waals surface area (Å²) in [5.41, 5.74) is 0. The third-order valence-electron chi connectivity index (χ3n) is 2.43. The van der Waals surface area contributed by atoms with E-state index in [1.807, 2.05) is 13.0 Å². The molecule has 0 fully saturated rings. The highest BCUT2D eigenvalue weighted by atomic mass is 16.5. The van der Waals surface area contributed by atoms with Crippen LogP contribution in [0.1, 0.15) is 33.1 Å². The molecule has 0 spiro atoms. The van der Waals surface area contributed by atoms with E-state index in [2.05, 4.69) is 0 Å². The Bertz CT molecular complexity index is 386. The number of hydrogen-bond donors (Lipinski definition) is 0. The maximum Gasteiger partial charge on any atom is 0.311 e. The molecule has 0 aliphatic rings. The monoisotopic (exact) mass is 250 g/mol. The fraction of sp³-hybridized carbons (Fsp3) is 0.429. The molecule has 1 atom stereocenters. The van der Waals surface area contributed by atoms with Gasteiger partial charge >= 0.3 is 11.9 Å². The van der Waals surface area contributed by atoms with Gasteiger partial charge < -0.3 is 9.47 Å². The van der Waals surface area contributed by atoms with Crippen molar-refractivity contribution in [2.24, 2.45) is 0 Å². The first-order valence-electron chi connectivity index (χ1n) is 6.04. The molecular formula is C14H18O4. The van der Waals surface area contributed by atoms with Crippen molar-refractivity contribution in [2.75, 3.05) is 0 Å². The predicted octanol–water partition coefficient (Wildman–Crippen LogP) is 2.71. The Balaban J connectivity index is 2.34. The number of esters is 2. The van der Waals surface area contributed by atoms with Crippen molar-refractivity contribution in [3.63, 3.8) is 0 Å². The molecule has 0 aliphatic carbocycles. The normalized spacial score (nSPS) is 11.7. The van der Waals surface area contributed by atoms with Crippen LogP contribution >= 0.6 is 0 Å². The van der Waals surface area contributed by atoms with Crippen molar-refractivity contribution < 1.29 is 19.1 Å². The molecule has 0 aliphatic heterocycles. The van der Waals surface area contributed by atoms with Crippen molar-refractivity contribution in [3.8, 4) is 5.75 Å². The molecule has 0 aromatic heterocycles. The Morgan fingerprint density at radius 2 is 1.89 bits per heavy atom. The van der Waals surface area contributed by atoms with E-state index in [4.69, 9.17) is 9.47 Å². The van der Waals surface area contributed by atoms with Crippen LogP contribution in [0.15, 0.2) is 30.3 Å². The molecule has 4 heteroatoms. The highest BCUT2D eigenvalue weighted by molar-refractivity contribution is 5.72. The zero-order chi connectivity index (χ0) is 13.4. The first-order valence-corrected chi connectivity index (χ1v) is 6.04. The topological polar surface area (TPSA) is 52.6 Å². The minimum Gasteiger partial charge on any atom is -0.463 e. The summed E-state index contributed by atoms with van der Waals surface area (Å²) in [6.07, 6.45) is 1.20. The highest BCUT2D eigenvalue weighted by Gasteiger charge is 2.13. The third kappa shape index (κ3) is 5.48. The minimum absolute atomic E-state index is 0.217. The van der Waals surface area contributed by atoms with Crippen LogP contribution < -0.4 is 4.74 Å². The summed E-state index contributed by atoms with van der Waals surface area (Å²) < 4.78 is 10.2. The van der Waals surface area contributed by atoms with Gasteiger partial charge in [-0.2, -0.15) is 0 Å². The second kappa shape index (κ2) is 7.48. The van der Waals surface area contributed by atoms with Crippen LogP contribution in [0.5, 0.6) is 5.75 Å². The molecule has 0 bridgehead atoms. The lowest BCUT2D eigenvalue weighted by Gasteiger charge is -2.14. The zero-order valence-corrected chi connectivity index (χ0v) is 10.7. The van der Waals surface area contributed by atoms with Crippen molar-refractivity contribution in [3.05, 3.63) is 30.3 Å². The van der Waals surface area contributed by atoms with E-state index >= 15 is 0 Å². The second-order valence-corrected chi connectivity index (χ2v) is 3.97. The van der Waals surface area contributed by atoms with Crippen molar-refractivity contribution >= 4 is 11.9 Å². The summed E-state index contributed by atoms with van der Waals surface area (Å²) in [4.78, 5) is 22.4. The van der Waals surface area contributed by atoms with Gasteiger partial charge in [0.15, 0.2) is 0 Å². The largest absolute Gasteiger partial charge is 0.463 e. The quantitative estimate of drug-likeness (QED) is 0.575. The second-order valence-electron chi connectivity index (χ2n) is 3.97. The van der Waals surface area contributed by atoms with Gasteiger partial charge in [0.2, 0.25) is 0 Å². The Labute approximate surface area is 107 Å². The smallest absolute Gasteiger partial charge is 0.311 e. The molecule has 1 aromatic carbocycles. The number of carbonyl (C=O) groups is 2. The SMILES string of the molecule is CCC(CCC(=O)Oc1ccccc1)OC(C)=O. The molecule has 1 unspecified atom stereocenters. The molecule has 0 radical (unpaired) electrons. The molecule has 0 saturated heterocycles. The van der Waals surface area contributed by atoms with Crippen LogP contribution in [0.25, 0.3) is 0 Å². The van der Waals surface area contributed by atoms with Crippen LogP contribution in [0.3, 0.4) is 0 Å². The number of benzene rings is 1. The first kappa shape index (κ1) is 14.2. The van der Waals surface area contributed by atoms with E-state index in [1.54, 1.807) is 24.3 Å². The summed E-state index contributed by atoms with van der Waals surface area (Å²) in [6, 6.07) is 8.90. The van der Waals surface area contributed by atoms with Crippen molar-refractivity contribution in [1.29, 1.82) is 0 Å². The lowest BCUT2D eigenvalue weighted by Crippen LogP contribution is -2.18. The van der Waals surface area contributed by atoms with Crippen LogP contribution in [0.4, 0.5) is 0 Å². The molecule has 0 N–H and O–H groups in total. The van der Waals surface area contributed by atoms with Crippen LogP contribution in [-0.4, -0.2) is 18.0 Å². The molecule has 4 nitrogen and oxygen atoms in total. The Kier molecular flexibility index (Phi) is 5.91. The summed E-state index contributed by atoms with van der Waals surface area (Å²) in [7, 11) is 0. The van der Waals surface area contributed by atoms with Gasteiger partial charge in [-0.15, -0.1) is 0 Å². The molecular weight excluding hydrogens is 232 g/mol. The van der Waals surface area contributed by atoms with E-state index in [0.717, 1.165) is 0 Å². The molecule has 0 amide bonds. The van der Waals surface area contributed by atoms with Crippen LogP contribution in [0.2, 0.25) is 0 Å². The van der Waals surface area contributed by atoms with Gasteiger partial charge in [0, 0.05) is 13.3 Å². The number of rotatable bonds is 6. The van der Waals surface area contributed by atoms with E-state index < -0.39 is 0 Å². The zero-order valence-electron chi connectivity index (χ0n) is 10.7. The van der Waals surface area contributed by atoms with Gasteiger partial charge in [-0.25, -0.2) is 0 Å². The molecule has 18 heavy (non-hydrogen) atoms. The summed E-state index contributed by atoms with van der Waals surface area (Å²) in [5, 5.41) is 0. The first-order chi connectivity index (χ1) is 8.61. The van der Waals surface area contributed by atoms with Gasteiger partial charge in [-0.05, 0) is 25.0 Å². The summed E-state index contributed by atoms with van der Waals surface area (Å²) in [5.74, 6) is -0.104. The average molecular weight is 250 g/mol. The fourth-order valence-electron chi connectivity index (χ4n) is 1.53. The Hall–Kier alpha value is -1.84. The van der Waals surface area contributed by atoms with E-state index in [0.29, 0.717) is 18.6 Å². The third-order valence-corrected chi connectivity index (χ3v) is 2.43. The molecule has 1 rings (SSSR count). The Morgan fingerprint density at radius 3 is 2.44 bits per heavy atom. The van der Waals surface area contributed by atoms with Crippen molar-refractivity contribution in [1.82, 2.24) is 0 Å². The maximum absolute atomic E-state index is 11.6.